The predicted octanol–water partition coefficient (Wildman–Crippen LogP) is 2.22. The Morgan fingerprint density at radius 2 is 1.75 bits per heavy atom. The summed E-state index contributed by atoms with van der Waals surface area (Å²) in [5, 5.41) is 2.64. The molecule has 0 saturated heterocycles. The van der Waals surface area contributed by atoms with Gasteiger partial charge in [-0.3, -0.25) is 9.78 Å². The minimum absolute atomic E-state index is 0.0958. The molecule has 2 aromatic carbocycles. The van der Waals surface area contributed by atoms with Crippen LogP contribution in [0.3, 0.4) is 0 Å². The number of nitrogens with one attached hydrogen (secondary N) is 2. The highest BCUT2D eigenvalue weighted by molar-refractivity contribution is 7.89. The van der Waals surface area contributed by atoms with Crippen molar-refractivity contribution in [1.82, 2.24) is 14.7 Å². The number of hydrogen-bond donors (Lipinski definition) is 2. The highest BCUT2D eigenvalue weighted by Gasteiger charge is 2.14. The van der Waals surface area contributed by atoms with Crippen molar-refractivity contribution in [2.75, 3.05) is 12.4 Å². The monoisotopic (exact) mass is 398 g/mol. The molecule has 8 nitrogen and oxygen atoms in total. The molecule has 2 N–H and O–H groups in total. The molecule has 1 aromatic heterocycles. The van der Waals surface area contributed by atoms with Crippen molar-refractivity contribution in [3.05, 3.63) is 78.4 Å². The number of benzene rings is 2. The van der Waals surface area contributed by atoms with Crippen LogP contribution in [0.15, 0.2) is 72.0 Å². The minimum atomic E-state index is -3.69. The maximum Gasteiger partial charge on any atom is 0.275 e. The van der Waals surface area contributed by atoms with Crippen LogP contribution in [0.5, 0.6) is 5.75 Å². The summed E-state index contributed by atoms with van der Waals surface area (Å²) < 4.78 is 32.5. The van der Waals surface area contributed by atoms with Gasteiger partial charge >= 0.3 is 0 Å². The van der Waals surface area contributed by atoms with Crippen LogP contribution in [0, 0.1) is 0 Å². The lowest BCUT2D eigenvalue weighted by Crippen LogP contribution is -2.23. The van der Waals surface area contributed by atoms with Gasteiger partial charge in [-0.2, -0.15) is 0 Å². The summed E-state index contributed by atoms with van der Waals surface area (Å²) in [6.07, 6.45) is 4.23. The largest absolute Gasteiger partial charge is 0.497 e. The van der Waals surface area contributed by atoms with Crippen molar-refractivity contribution in [2.45, 2.75) is 11.4 Å². The zero-order valence-corrected chi connectivity index (χ0v) is 15.8. The molecule has 0 atom stereocenters. The Kier molecular flexibility index (Phi) is 5.97. The number of carbonyl (C=O) groups excluding carboxylic acids is 1. The van der Waals surface area contributed by atoms with Crippen molar-refractivity contribution >= 4 is 21.6 Å². The van der Waals surface area contributed by atoms with Gasteiger partial charge in [0.15, 0.2) is 0 Å². The first-order valence-electron chi connectivity index (χ1n) is 8.28. The summed E-state index contributed by atoms with van der Waals surface area (Å²) in [4.78, 5) is 19.9. The van der Waals surface area contributed by atoms with E-state index in [1.165, 1.54) is 42.9 Å². The SMILES string of the molecule is COc1ccc(CNS(=O)(=O)c2ccc(NC(=O)c3cnccn3)cc2)cc1. The molecule has 3 aromatic rings. The number of sulfonamides is 1. The van der Waals surface area contributed by atoms with Crippen LogP contribution in [0.1, 0.15) is 16.1 Å². The standard InChI is InChI=1S/C19H18N4O4S/c1-27-16-6-2-14(3-7-16)12-22-28(25,26)17-8-4-15(5-9-17)23-19(24)18-13-20-10-11-21-18/h2-11,13,22H,12H2,1H3,(H,23,24). The van der Waals surface area contributed by atoms with E-state index in [1.807, 2.05) is 0 Å². The number of hydrogen-bond acceptors (Lipinski definition) is 6. The van der Waals surface area contributed by atoms with E-state index >= 15 is 0 Å². The molecule has 0 bridgehead atoms. The van der Waals surface area contributed by atoms with Gasteiger partial charge in [0.1, 0.15) is 11.4 Å². The van der Waals surface area contributed by atoms with Crippen molar-refractivity contribution in [1.29, 1.82) is 0 Å². The second-order valence-electron chi connectivity index (χ2n) is 5.74. The zero-order chi connectivity index (χ0) is 20.0. The molecule has 0 aliphatic heterocycles. The first kappa shape index (κ1) is 19.5. The normalized spacial score (nSPS) is 11.0. The Labute approximate surface area is 162 Å². The number of nitrogens with zero attached hydrogens (tertiary/aromatic N) is 2. The van der Waals surface area contributed by atoms with E-state index in [1.54, 1.807) is 31.4 Å². The molecule has 0 aliphatic carbocycles. The lowest BCUT2D eigenvalue weighted by Gasteiger charge is -2.09. The molecule has 0 spiro atoms. The fourth-order valence-corrected chi connectivity index (χ4v) is 3.35. The molecule has 144 valence electrons. The predicted molar refractivity (Wildman–Crippen MR) is 103 cm³/mol. The third-order valence-electron chi connectivity index (χ3n) is 3.84. The van der Waals surface area contributed by atoms with Gasteiger partial charge in [-0.15, -0.1) is 0 Å². The van der Waals surface area contributed by atoms with Gasteiger partial charge in [0.25, 0.3) is 5.91 Å². The van der Waals surface area contributed by atoms with Crippen LogP contribution in [-0.2, 0) is 16.6 Å². The van der Waals surface area contributed by atoms with Crippen molar-refractivity contribution in [3.63, 3.8) is 0 Å². The highest BCUT2D eigenvalue weighted by atomic mass is 32.2. The van der Waals surface area contributed by atoms with Gasteiger partial charge < -0.3 is 10.1 Å². The summed E-state index contributed by atoms with van der Waals surface area (Å²) in [5.41, 5.74) is 1.42. The molecular formula is C19H18N4O4S. The third-order valence-corrected chi connectivity index (χ3v) is 5.26. The summed E-state index contributed by atoms with van der Waals surface area (Å²) >= 11 is 0. The fraction of sp³-hybridized carbons (Fsp3) is 0.105. The summed E-state index contributed by atoms with van der Waals surface area (Å²) in [6.45, 7) is 0.150. The van der Waals surface area contributed by atoms with E-state index in [0.717, 1.165) is 5.56 Å². The average Bonchev–Trinajstić information content (AvgIpc) is 2.74. The Hall–Kier alpha value is -3.30. The second-order valence-corrected chi connectivity index (χ2v) is 7.51. The average molecular weight is 398 g/mol. The molecule has 3 rings (SSSR count). The van der Waals surface area contributed by atoms with E-state index in [2.05, 4.69) is 20.0 Å². The fourth-order valence-electron chi connectivity index (χ4n) is 2.33. The van der Waals surface area contributed by atoms with Gasteiger partial charge in [-0.05, 0) is 42.0 Å². The van der Waals surface area contributed by atoms with Crippen LogP contribution >= 0.6 is 0 Å². The van der Waals surface area contributed by atoms with Gasteiger partial charge in [-0.1, -0.05) is 12.1 Å². The van der Waals surface area contributed by atoms with Gasteiger partial charge in [0.05, 0.1) is 18.2 Å². The number of carbonyl (C=O) groups is 1. The molecule has 0 radical (unpaired) electrons. The topological polar surface area (TPSA) is 110 Å². The van der Waals surface area contributed by atoms with Crippen molar-refractivity contribution in [3.8, 4) is 5.75 Å². The van der Waals surface area contributed by atoms with Gasteiger partial charge in [0, 0.05) is 24.6 Å². The number of ether oxygens (including phenoxy) is 1. The molecule has 9 heteroatoms. The maximum absolute atomic E-state index is 12.4. The Bertz CT molecular complexity index is 1040. The zero-order valence-electron chi connectivity index (χ0n) is 15.0. The number of amides is 1. The first-order chi connectivity index (χ1) is 13.5. The van der Waals surface area contributed by atoms with E-state index < -0.39 is 15.9 Å². The van der Waals surface area contributed by atoms with E-state index in [4.69, 9.17) is 4.74 Å². The molecule has 0 saturated carbocycles. The summed E-state index contributed by atoms with van der Waals surface area (Å²) in [5.74, 6) is 0.270. The molecule has 1 amide bonds. The highest BCUT2D eigenvalue weighted by Crippen LogP contribution is 2.16. The number of aromatic nitrogens is 2. The third kappa shape index (κ3) is 4.90. The summed E-state index contributed by atoms with van der Waals surface area (Å²) in [6, 6.07) is 13.0. The lowest BCUT2D eigenvalue weighted by molar-refractivity contribution is 0.102. The van der Waals surface area contributed by atoms with Crippen LogP contribution in [0.2, 0.25) is 0 Å². The Morgan fingerprint density at radius 1 is 1.04 bits per heavy atom. The van der Waals surface area contributed by atoms with E-state index in [9.17, 15) is 13.2 Å². The first-order valence-corrected chi connectivity index (χ1v) is 9.76. The second kappa shape index (κ2) is 8.59. The number of anilines is 1. The Balaban J connectivity index is 1.63. The molecule has 0 fully saturated rings. The van der Waals surface area contributed by atoms with Crippen LogP contribution < -0.4 is 14.8 Å². The summed E-state index contributed by atoms with van der Waals surface area (Å²) in [7, 11) is -2.12. The van der Waals surface area contributed by atoms with Crippen LogP contribution in [-0.4, -0.2) is 31.4 Å². The van der Waals surface area contributed by atoms with Crippen molar-refractivity contribution in [2.24, 2.45) is 0 Å². The quantitative estimate of drug-likeness (QED) is 0.631. The number of rotatable bonds is 7. The van der Waals surface area contributed by atoms with E-state index in [-0.39, 0.29) is 17.1 Å². The van der Waals surface area contributed by atoms with E-state index in [0.29, 0.717) is 11.4 Å². The molecule has 0 unspecified atom stereocenters. The van der Waals surface area contributed by atoms with Crippen LogP contribution in [0.25, 0.3) is 0 Å². The lowest BCUT2D eigenvalue weighted by atomic mass is 10.2. The number of methoxy groups -OCH3 is 1. The molecular weight excluding hydrogens is 380 g/mol. The van der Waals surface area contributed by atoms with Gasteiger partial charge in [0.2, 0.25) is 10.0 Å². The smallest absolute Gasteiger partial charge is 0.275 e. The van der Waals surface area contributed by atoms with Crippen LogP contribution in [0.4, 0.5) is 5.69 Å². The molecule has 1 heterocycles. The van der Waals surface area contributed by atoms with Crippen molar-refractivity contribution < 1.29 is 17.9 Å². The molecule has 0 aliphatic rings. The minimum Gasteiger partial charge on any atom is -0.497 e. The molecule has 28 heavy (non-hydrogen) atoms. The Morgan fingerprint density at radius 3 is 2.36 bits per heavy atom. The van der Waals surface area contributed by atoms with Gasteiger partial charge in [-0.25, -0.2) is 18.1 Å². The maximum atomic E-state index is 12.4.